The zero-order valence-corrected chi connectivity index (χ0v) is 14.1. The summed E-state index contributed by atoms with van der Waals surface area (Å²) >= 11 is 3.31. The molecule has 1 atom stereocenters. The van der Waals surface area contributed by atoms with Crippen molar-refractivity contribution < 1.29 is 13.2 Å². The van der Waals surface area contributed by atoms with Crippen LogP contribution in [0.3, 0.4) is 0 Å². The van der Waals surface area contributed by atoms with Crippen molar-refractivity contribution in [1.29, 1.82) is 0 Å². The van der Waals surface area contributed by atoms with Gasteiger partial charge in [-0.25, -0.2) is 13.1 Å². The molecule has 6 nitrogen and oxygen atoms in total. The number of rotatable bonds is 3. The highest BCUT2D eigenvalue weighted by Gasteiger charge is 2.26. The number of piperidine rings is 1. The van der Waals surface area contributed by atoms with E-state index in [9.17, 15) is 13.2 Å². The van der Waals surface area contributed by atoms with E-state index >= 15 is 0 Å². The molecule has 8 heteroatoms. The van der Waals surface area contributed by atoms with Crippen LogP contribution < -0.4 is 10.5 Å². The summed E-state index contributed by atoms with van der Waals surface area (Å²) in [6.45, 7) is 0.992. The molecule has 0 aliphatic carbocycles. The number of benzene rings is 1. The molecule has 116 valence electrons. The van der Waals surface area contributed by atoms with Gasteiger partial charge in [0.2, 0.25) is 10.0 Å². The Labute approximate surface area is 132 Å². The van der Waals surface area contributed by atoms with Gasteiger partial charge in [-0.1, -0.05) is 15.9 Å². The maximum absolute atomic E-state index is 12.5. The summed E-state index contributed by atoms with van der Waals surface area (Å²) in [6, 6.07) is 4.83. The van der Waals surface area contributed by atoms with E-state index in [1.54, 1.807) is 23.1 Å². The molecule has 3 N–H and O–H groups in total. The third kappa shape index (κ3) is 4.69. The van der Waals surface area contributed by atoms with E-state index in [1.165, 1.54) is 0 Å². The SMILES string of the molecule is CS(=O)(=O)NC1CCCN(C(=O)c2cc(N)cc(Br)c2)C1. The van der Waals surface area contributed by atoms with Crippen molar-refractivity contribution in [3.8, 4) is 0 Å². The molecule has 21 heavy (non-hydrogen) atoms. The Bertz CT molecular complexity index is 628. The van der Waals surface area contributed by atoms with Crippen molar-refractivity contribution in [2.45, 2.75) is 18.9 Å². The molecule has 0 radical (unpaired) electrons. The minimum Gasteiger partial charge on any atom is -0.399 e. The van der Waals surface area contributed by atoms with Gasteiger partial charge in [-0.05, 0) is 31.0 Å². The number of nitrogens with two attached hydrogens (primary N) is 1. The Morgan fingerprint density at radius 3 is 2.76 bits per heavy atom. The molecular formula is C13H18BrN3O3S. The van der Waals surface area contributed by atoms with Gasteiger partial charge in [0.05, 0.1) is 6.26 Å². The van der Waals surface area contributed by atoms with Gasteiger partial charge < -0.3 is 10.6 Å². The molecule has 1 fully saturated rings. The molecule has 1 aliphatic heterocycles. The summed E-state index contributed by atoms with van der Waals surface area (Å²) in [5, 5.41) is 0. The molecule has 1 unspecified atom stereocenters. The number of anilines is 1. The van der Waals surface area contributed by atoms with Crippen molar-refractivity contribution in [3.05, 3.63) is 28.2 Å². The summed E-state index contributed by atoms with van der Waals surface area (Å²) in [7, 11) is -3.27. The maximum Gasteiger partial charge on any atom is 0.254 e. The van der Waals surface area contributed by atoms with Gasteiger partial charge in [-0.2, -0.15) is 0 Å². The van der Waals surface area contributed by atoms with Gasteiger partial charge in [-0.3, -0.25) is 4.79 Å². The van der Waals surface area contributed by atoms with Crippen LogP contribution in [0.5, 0.6) is 0 Å². The summed E-state index contributed by atoms with van der Waals surface area (Å²) in [5.74, 6) is -0.136. The number of nitrogen functional groups attached to an aromatic ring is 1. The van der Waals surface area contributed by atoms with Crippen molar-refractivity contribution in [2.24, 2.45) is 0 Å². The smallest absolute Gasteiger partial charge is 0.254 e. The average Bonchev–Trinajstić information content (AvgIpc) is 2.35. The molecule has 0 bridgehead atoms. The van der Waals surface area contributed by atoms with Gasteiger partial charge in [0.15, 0.2) is 0 Å². The third-order valence-corrected chi connectivity index (χ3v) is 4.48. The molecule has 1 amide bonds. The highest BCUT2D eigenvalue weighted by atomic mass is 79.9. The Kier molecular flexibility index (Phi) is 4.90. The van der Waals surface area contributed by atoms with Crippen molar-refractivity contribution in [2.75, 3.05) is 25.1 Å². The second-order valence-electron chi connectivity index (χ2n) is 5.25. The standard InChI is InChI=1S/C13H18BrN3O3S/c1-21(19,20)16-12-3-2-4-17(8-12)13(18)9-5-10(14)7-11(15)6-9/h5-7,12,16H,2-4,8,15H2,1H3. The first-order valence-corrected chi connectivity index (χ1v) is 9.26. The fourth-order valence-corrected chi connectivity index (χ4v) is 3.79. The first kappa shape index (κ1) is 16.3. The van der Waals surface area contributed by atoms with Crippen LogP contribution in [0, 0.1) is 0 Å². The second-order valence-corrected chi connectivity index (χ2v) is 7.95. The van der Waals surface area contributed by atoms with Gasteiger partial charge >= 0.3 is 0 Å². The number of carbonyl (C=O) groups is 1. The fraction of sp³-hybridized carbons (Fsp3) is 0.462. The number of hydrogen-bond donors (Lipinski definition) is 2. The lowest BCUT2D eigenvalue weighted by Gasteiger charge is -2.32. The molecule has 1 aromatic carbocycles. The van der Waals surface area contributed by atoms with Gasteiger partial charge in [0.1, 0.15) is 0 Å². The predicted molar refractivity (Wildman–Crippen MR) is 85.5 cm³/mol. The average molecular weight is 376 g/mol. The van der Waals surface area contributed by atoms with Crippen LogP contribution in [0.15, 0.2) is 22.7 Å². The topological polar surface area (TPSA) is 92.5 Å². The van der Waals surface area contributed by atoms with E-state index < -0.39 is 10.0 Å². The van der Waals surface area contributed by atoms with Crippen molar-refractivity contribution in [3.63, 3.8) is 0 Å². The molecule has 0 aromatic heterocycles. The molecular weight excluding hydrogens is 358 g/mol. The van der Waals surface area contributed by atoms with E-state index in [2.05, 4.69) is 20.7 Å². The lowest BCUT2D eigenvalue weighted by molar-refractivity contribution is 0.0703. The first-order valence-electron chi connectivity index (χ1n) is 6.57. The lowest BCUT2D eigenvalue weighted by Crippen LogP contribution is -2.49. The number of nitrogens with zero attached hydrogens (tertiary/aromatic N) is 1. The van der Waals surface area contributed by atoms with E-state index in [1.807, 2.05) is 0 Å². The normalized spacial score (nSPS) is 19.5. The van der Waals surface area contributed by atoms with Crippen LogP contribution in [0.25, 0.3) is 0 Å². The Morgan fingerprint density at radius 2 is 2.14 bits per heavy atom. The predicted octanol–water partition coefficient (Wildman–Crippen LogP) is 1.19. The molecule has 1 aromatic rings. The number of sulfonamides is 1. The molecule has 1 aliphatic rings. The molecule has 1 saturated heterocycles. The number of nitrogens with one attached hydrogen (secondary N) is 1. The van der Waals surface area contributed by atoms with Gasteiger partial charge in [0, 0.05) is 34.9 Å². The van der Waals surface area contributed by atoms with Crippen molar-refractivity contribution in [1.82, 2.24) is 9.62 Å². The zero-order valence-electron chi connectivity index (χ0n) is 11.7. The van der Waals surface area contributed by atoms with Crippen LogP contribution in [-0.2, 0) is 10.0 Å². The van der Waals surface area contributed by atoms with Crippen LogP contribution in [0.2, 0.25) is 0 Å². The maximum atomic E-state index is 12.5. The van der Waals surface area contributed by atoms with Crippen LogP contribution in [0.1, 0.15) is 23.2 Å². The second kappa shape index (κ2) is 6.33. The monoisotopic (exact) mass is 375 g/mol. The number of amides is 1. The van der Waals surface area contributed by atoms with E-state index in [4.69, 9.17) is 5.73 Å². The van der Waals surface area contributed by atoms with Crippen LogP contribution >= 0.6 is 15.9 Å². The summed E-state index contributed by atoms with van der Waals surface area (Å²) in [5.41, 5.74) is 6.76. The third-order valence-electron chi connectivity index (χ3n) is 3.26. The number of halogens is 1. The molecule has 1 heterocycles. The summed E-state index contributed by atoms with van der Waals surface area (Å²) < 4.78 is 25.9. The van der Waals surface area contributed by atoms with Gasteiger partial charge in [-0.15, -0.1) is 0 Å². The Balaban J connectivity index is 2.12. The van der Waals surface area contributed by atoms with E-state index in [0.717, 1.165) is 23.6 Å². The Hall–Kier alpha value is -1.12. The fourth-order valence-electron chi connectivity index (χ4n) is 2.48. The zero-order chi connectivity index (χ0) is 15.6. The quantitative estimate of drug-likeness (QED) is 0.775. The number of hydrogen-bond acceptors (Lipinski definition) is 4. The van der Waals surface area contributed by atoms with E-state index in [-0.39, 0.29) is 11.9 Å². The van der Waals surface area contributed by atoms with Crippen molar-refractivity contribution >= 4 is 37.5 Å². The minimum atomic E-state index is -3.27. The Morgan fingerprint density at radius 1 is 1.43 bits per heavy atom. The highest BCUT2D eigenvalue weighted by Crippen LogP contribution is 2.20. The molecule has 0 spiro atoms. The van der Waals surface area contributed by atoms with Crippen LogP contribution in [0.4, 0.5) is 5.69 Å². The summed E-state index contributed by atoms with van der Waals surface area (Å²) in [4.78, 5) is 14.1. The summed E-state index contributed by atoms with van der Waals surface area (Å²) in [6.07, 6.45) is 2.63. The number of likely N-dealkylation sites (tertiary alicyclic amines) is 1. The van der Waals surface area contributed by atoms with E-state index in [0.29, 0.717) is 24.3 Å². The molecule has 0 saturated carbocycles. The van der Waals surface area contributed by atoms with Crippen LogP contribution in [-0.4, -0.2) is 44.6 Å². The molecule has 2 rings (SSSR count). The van der Waals surface area contributed by atoms with Gasteiger partial charge in [0.25, 0.3) is 5.91 Å². The minimum absolute atomic E-state index is 0.136. The first-order chi connectivity index (χ1) is 9.74. The largest absolute Gasteiger partial charge is 0.399 e. The number of carbonyl (C=O) groups excluding carboxylic acids is 1. The lowest BCUT2D eigenvalue weighted by atomic mass is 10.1. The highest BCUT2D eigenvalue weighted by molar-refractivity contribution is 9.10.